The van der Waals surface area contributed by atoms with Crippen molar-refractivity contribution < 1.29 is 9.31 Å². The summed E-state index contributed by atoms with van der Waals surface area (Å²) in [5.41, 5.74) is 7.41. The van der Waals surface area contributed by atoms with Gasteiger partial charge in [-0.15, -0.1) is 0 Å². The van der Waals surface area contributed by atoms with Crippen molar-refractivity contribution in [2.45, 2.75) is 12.5 Å². The lowest BCUT2D eigenvalue weighted by Gasteiger charge is -2.23. The van der Waals surface area contributed by atoms with Crippen LogP contribution in [0.2, 0.25) is 0 Å². The lowest BCUT2D eigenvalue weighted by Crippen LogP contribution is -2.18. The van der Waals surface area contributed by atoms with Gasteiger partial charge in [0.2, 0.25) is 0 Å². The van der Waals surface area contributed by atoms with Gasteiger partial charge in [-0.2, -0.15) is 5.10 Å². The molecule has 0 bridgehead atoms. The SMILES string of the molecule is NC1=NN(c2ccc([N+](=O)[O-])cc2)C(c2ccc(F)cc2)C1. The Labute approximate surface area is 125 Å². The predicted octanol–water partition coefficient (Wildman–Crippen LogP) is 2.96. The van der Waals surface area contributed by atoms with Crippen molar-refractivity contribution in [1.82, 2.24) is 0 Å². The van der Waals surface area contributed by atoms with Gasteiger partial charge in [0.1, 0.15) is 11.7 Å². The van der Waals surface area contributed by atoms with Gasteiger partial charge < -0.3 is 5.73 Å². The monoisotopic (exact) mass is 300 g/mol. The Hall–Kier alpha value is -2.96. The number of benzene rings is 2. The molecule has 0 aliphatic carbocycles. The standard InChI is InChI=1S/C15H13FN4O2/c16-11-3-1-10(2-4-11)14-9-15(17)18-19(14)12-5-7-13(8-6-12)20(21)22/h1-8,14H,9H2,(H2,17,18). The number of hydrogen-bond donors (Lipinski definition) is 1. The van der Waals surface area contributed by atoms with E-state index in [1.165, 1.54) is 24.3 Å². The molecule has 1 unspecified atom stereocenters. The molecule has 3 rings (SSSR count). The predicted molar refractivity (Wildman–Crippen MR) is 81.0 cm³/mol. The molecule has 112 valence electrons. The maximum Gasteiger partial charge on any atom is 0.269 e. The average Bonchev–Trinajstić information content (AvgIpc) is 2.90. The average molecular weight is 300 g/mol. The molecule has 0 saturated heterocycles. The van der Waals surface area contributed by atoms with Crippen LogP contribution < -0.4 is 10.7 Å². The summed E-state index contributed by atoms with van der Waals surface area (Å²) in [6, 6.07) is 12.1. The minimum absolute atomic E-state index is 0.0123. The normalized spacial score (nSPS) is 17.4. The van der Waals surface area contributed by atoms with Crippen molar-refractivity contribution in [3.8, 4) is 0 Å². The van der Waals surface area contributed by atoms with Crippen molar-refractivity contribution in [3.05, 3.63) is 70.0 Å². The number of amidine groups is 1. The van der Waals surface area contributed by atoms with Crippen molar-refractivity contribution in [2.75, 3.05) is 5.01 Å². The molecular weight excluding hydrogens is 287 g/mol. The number of non-ortho nitro benzene ring substituents is 1. The zero-order valence-electron chi connectivity index (χ0n) is 11.5. The number of hydrogen-bond acceptors (Lipinski definition) is 5. The number of nitrogens with zero attached hydrogens (tertiary/aromatic N) is 3. The largest absolute Gasteiger partial charge is 0.386 e. The van der Waals surface area contributed by atoms with Gasteiger partial charge in [-0.1, -0.05) is 12.1 Å². The minimum Gasteiger partial charge on any atom is -0.386 e. The van der Waals surface area contributed by atoms with Crippen LogP contribution in [0.15, 0.2) is 53.6 Å². The van der Waals surface area contributed by atoms with Crippen LogP contribution in [-0.4, -0.2) is 10.8 Å². The van der Waals surface area contributed by atoms with Gasteiger partial charge in [0, 0.05) is 18.6 Å². The summed E-state index contributed by atoms with van der Waals surface area (Å²) in [6.07, 6.45) is 0.516. The second-order valence-corrected chi connectivity index (χ2v) is 4.98. The fourth-order valence-electron chi connectivity index (χ4n) is 2.44. The first-order valence-corrected chi connectivity index (χ1v) is 6.67. The molecule has 2 aromatic carbocycles. The molecule has 0 saturated carbocycles. The van der Waals surface area contributed by atoms with Gasteiger partial charge in [0.15, 0.2) is 0 Å². The molecule has 0 amide bonds. The van der Waals surface area contributed by atoms with E-state index in [2.05, 4.69) is 5.10 Å². The summed E-state index contributed by atoms with van der Waals surface area (Å²) in [7, 11) is 0. The first-order valence-electron chi connectivity index (χ1n) is 6.67. The Kier molecular flexibility index (Phi) is 3.46. The number of anilines is 1. The van der Waals surface area contributed by atoms with Crippen molar-refractivity contribution in [1.29, 1.82) is 0 Å². The van der Waals surface area contributed by atoms with Crippen LogP contribution in [0.3, 0.4) is 0 Å². The van der Waals surface area contributed by atoms with Crippen LogP contribution in [0.1, 0.15) is 18.0 Å². The Bertz CT molecular complexity index is 728. The van der Waals surface area contributed by atoms with E-state index in [1.54, 1.807) is 29.3 Å². The minimum atomic E-state index is -0.456. The molecule has 2 N–H and O–H groups in total. The van der Waals surface area contributed by atoms with Gasteiger partial charge in [-0.3, -0.25) is 15.1 Å². The van der Waals surface area contributed by atoms with Gasteiger partial charge in [0.05, 0.1) is 16.7 Å². The maximum absolute atomic E-state index is 13.1. The highest BCUT2D eigenvalue weighted by Crippen LogP contribution is 2.34. The summed E-state index contributed by atoms with van der Waals surface area (Å²) in [4.78, 5) is 10.3. The molecule has 1 aliphatic rings. The molecule has 1 atom stereocenters. The third-order valence-electron chi connectivity index (χ3n) is 3.51. The molecule has 0 spiro atoms. The van der Waals surface area contributed by atoms with E-state index in [4.69, 9.17) is 5.73 Å². The molecule has 0 aromatic heterocycles. The van der Waals surface area contributed by atoms with E-state index in [-0.39, 0.29) is 17.5 Å². The van der Waals surface area contributed by atoms with Crippen molar-refractivity contribution in [2.24, 2.45) is 10.8 Å². The first kappa shape index (κ1) is 14.0. The number of nitrogens with two attached hydrogens (primary N) is 1. The lowest BCUT2D eigenvalue weighted by molar-refractivity contribution is -0.384. The van der Waals surface area contributed by atoms with E-state index in [0.29, 0.717) is 17.9 Å². The molecular formula is C15H13FN4O2. The van der Waals surface area contributed by atoms with E-state index >= 15 is 0 Å². The van der Waals surface area contributed by atoms with Crippen molar-refractivity contribution >= 4 is 17.2 Å². The topological polar surface area (TPSA) is 84.8 Å². The Morgan fingerprint density at radius 2 is 1.82 bits per heavy atom. The number of nitro groups is 1. The second-order valence-electron chi connectivity index (χ2n) is 4.98. The molecule has 1 aliphatic heterocycles. The highest BCUT2D eigenvalue weighted by molar-refractivity contribution is 5.85. The Morgan fingerprint density at radius 1 is 1.18 bits per heavy atom. The summed E-state index contributed by atoms with van der Waals surface area (Å²) < 4.78 is 13.1. The maximum atomic E-state index is 13.1. The fraction of sp³-hybridized carbons (Fsp3) is 0.133. The number of rotatable bonds is 3. The van der Waals surface area contributed by atoms with Crippen molar-refractivity contribution in [3.63, 3.8) is 0 Å². The van der Waals surface area contributed by atoms with Crippen LogP contribution in [0.25, 0.3) is 0 Å². The number of hydrazone groups is 1. The van der Waals surface area contributed by atoms with E-state index in [9.17, 15) is 14.5 Å². The Morgan fingerprint density at radius 3 is 2.41 bits per heavy atom. The van der Waals surface area contributed by atoms with Crippen LogP contribution in [-0.2, 0) is 0 Å². The van der Waals surface area contributed by atoms with Gasteiger partial charge in [0.25, 0.3) is 5.69 Å². The molecule has 0 fully saturated rings. The van der Waals surface area contributed by atoms with Crippen LogP contribution >= 0.6 is 0 Å². The van der Waals surface area contributed by atoms with E-state index < -0.39 is 4.92 Å². The smallest absolute Gasteiger partial charge is 0.269 e. The molecule has 22 heavy (non-hydrogen) atoms. The molecule has 1 heterocycles. The molecule has 6 nitrogen and oxygen atoms in total. The van der Waals surface area contributed by atoms with E-state index in [1.807, 2.05) is 0 Å². The Balaban J connectivity index is 1.92. The summed E-state index contributed by atoms with van der Waals surface area (Å²) in [6.45, 7) is 0. The van der Waals surface area contributed by atoms with Crippen LogP contribution in [0, 0.1) is 15.9 Å². The third-order valence-corrected chi connectivity index (χ3v) is 3.51. The summed E-state index contributed by atoms with van der Waals surface area (Å²) >= 11 is 0. The fourth-order valence-corrected chi connectivity index (χ4v) is 2.44. The zero-order valence-corrected chi connectivity index (χ0v) is 11.5. The summed E-state index contributed by atoms with van der Waals surface area (Å²) in [5, 5.41) is 16.7. The summed E-state index contributed by atoms with van der Waals surface area (Å²) in [5.74, 6) is 0.158. The van der Waals surface area contributed by atoms with Gasteiger partial charge in [-0.05, 0) is 29.8 Å². The molecule has 7 heteroatoms. The third kappa shape index (κ3) is 2.60. The lowest BCUT2D eigenvalue weighted by atomic mass is 10.0. The van der Waals surface area contributed by atoms with Gasteiger partial charge in [-0.25, -0.2) is 4.39 Å². The first-order chi connectivity index (χ1) is 10.5. The zero-order chi connectivity index (χ0) is 15.7. The molecule has 0 radical (unpaired) electrons. The van der Waals surface area contributed by atoms with E-state index in [0.717, 1.165) is 5.56 Å². The van der Waals surface area contributed by atoms with Gasteiger partial charge >= 0.3 is 0 Å². The highest BCUT2D eigenvalue weighted by atomic mass is 19.1. The number of halogens is 1. The van der Waals surface area contributed by atoms with Crippen LogP contribution in [0.4, 0.5) is 15.8 Å². The quantitative estimate of drug-likeness (QED) is 0.697. The van der Waals surface area contributed by atoms with Crippen LogP contribution in [0.5, 0.6) is 0 Å². The second kappa shape index (κ2) is 5.44. The number of nitro benzene ring substituents is 1. The molecule has 2 aromatic rings. The highest BCUT2D eigenvalue weighted by Gasteiger charge is 2.28.